The maximum Gasteiger partial charge on any atom is 0.499 e. The van der Waals surface area contributed by atoms with Crippen LogP contribution in [0.5, 0.6) is 0 Å². The highest BCUT2D eigenvalue weighted by Crippen LogP contribution is 2.22. The highest BCUT2D eigenvalue weighted by Gasteiger charge is 2.40. The lowest BCUT2D eigenvalue weighted by Gasteiger charge is -2.30. The van der Waals surface area contributed by atoms with Gasteiger partial charge in [0.05, 0.1) is 16.1 Å². The van der Waals surface area contributed by atoms with Gasteiger partial charge >= 0.3 is 8.80 Å². The molecule has 1 rings (SSSR count). The zero-order valence-corrected chi connectivity index (χ0v) is 22.9. The molecule has 1 aromatic rings. The zero-order valence-electron chi connectivity index (χ0n) is 19.9. The smallest absolute Gasteiger partial charge is 0.377 e. The number of rotatable bonds is 14. The van der Waals surface area contributed by atoms with Crippen LogP contribution in [0.4, 0.5) is 8.78 Å². The average Bonchev–Trinajstić information content (AvgIpc) is 2.68. The van der Waals surface area contributed by atoms with E-state index in [1.807, 2.05) is 0 Å². The van der Waals surface area contributed by atoms with E-state index in [0.29, 0.717) is 6.61 Å². The monoisotopic (exact) mass is 478 g/mol. The van der Waals surface area contributed by atoms with Gasteiger partial charge in [-0.15, -0.1) is 0 Å². The topological polar surface area (TPSA) is 36.9 Å². The summed E-state index contributed by atoms with van der Waals surface area (Å²) >= 11 is 0. The molecule has 0 heterocycles. The summed E-state index contributed by atoms with van der Waals surface area (Å²) in [5.74, 6) is -2.75. The van der Waals surface area contributed by atoms with Gasteiger partial charge in [0.25, 0.3) is 5.92 Å². The van der Waals surface area contributed by atoms with Crippen molar-refractivity contribution in [2.75, 3.05) is 34.5 Å². The average molecular weight is 479 g/mol. The van der Waals surface area contributed by atoms with Gasteiger partial charge in [0.2, 0.25) is 0 Å². The fourth-order valence-electron chi connectivity index (χ4n) is 3.55. The van der Waals surface area contributed by atoms with Gasteiger partial charge in [-0.1, -0.05) is 66.9 Å². The van der Waals surface area contributed by atoms with Crippen molar-refractivity contribution in [3.8, 4) is 0 Å². The maximum absolute atomic E-state index is 12.8. The molecule has 0 N–H and O–H groups in total. The second-order valence-electron chi connectivity index (χ2n) is 9.37. The second-order valence-corrected chi connectivity index (χ2v) is 22.1. The van der Waals surface area contributed by atoms with E-state index in [1.54, 1.807) is 21.3 Å². The molecular formula is C21H40F2O4Si3. The molecule has 0 spiro atoms. The Hall–Kier alpha value is -0.429. The van der Waals surface area contributed by atoms with Crippen molar-refractivity contribution in [1.82, 2.24) is 0 Å². The highest BCUT2D eigenvalue weighted by molar-refractivity contribution is 6.91. The third-order valence-corrected chi connectivity index (χ3v) is 16.0. The summed E-state index contributed by atoms with van der Waals surface area (Å²) in [6.07, 6.45) is 0.815. The molecule has 9 heteroatoms. The summed E-state index contributed by atoms with van der Waals surface area (Å²) in [6.45, 7) is 10.2. The second kappa shape index (κ2) is 11.4. The first-order chi connectivity index (χ1) is 13.8. The summed E-state index contributed by atoms with van der Waals surface area (Å²) in [7, 11) is -0.853. The fourth-order valence-corrected chi connectivity index (χ4v) is 12.1. The lowest BCUT2D eigenvalue weighted by atomic mass is 10.4. The van der Waals surface area contributed by atoms with Crippen molar-refractivity contribution in [3.63, 3.8) is 0 Å². The van der Waals surface area contributed by atoms with Gasteiger partial charge in [-0.2, -0.15) is 0 Å². The minimum absolute atomic E-state index is 0.391. The van der Waals surface area contributed by atoms with Crippen LogP contribution in [0.15, 0.2) is 24.3 Å². The van der Waals surface area contributed by atoms with E-state index in [0.717, 1.165) is 31.5 Å². The van der Waals surface area contributed by atoms with Gasteiger partial charge < -0.3 is 18.0 Å². The third-order valence-electron chi connectivity index (χ3n) is 5.88. The van der Waals surface area contributed by atoms with Crippen LogP contribution < -0.4 is 10.4 Å². The first kappa shape index (κ1) is 27.6. The number of alkyl halides is 2. The first-order valence-electron chi connectivity index (χ1n) is 10.5. The van der Waals surface area contributed by atoms with Crippen LogP contribution in [0, 0.1) is 0 Å². The van der Waals surface area contributed by atoms with Gasteiger partial charge in [0, 0.05) is 40.9 Å². The molecule has 0 aliphatic heterocycles. The molecule has 0 saturated carbocycles. The van der Waals surface area contributed by atoms with E-state index in [4.69, 9.17) is 18.0 Å². The molecule has 0 amide bonds. The van der Waals surface area contributed by atoms with Crippen molar-refractivity contribution >= 4 is 35.3 Å². The predicted molar refractivity (Wildman–Crippen MR) is 128 cm³/mol. The molecule has 0 atom stereocenters. The summed E-state index contributed by atoms with van der Waals surface area (Å²) in [4.78, 5) is 0. The van der Waals surface area contributed by atoms with Crippen LogP contribution in [0.25, 0.3) is 0 Å². The SMILES string of the molecule is CO[Si](CC[Si](C)(C)c1ccc([Si](C)(C)CCCOCC(C)(F)F)cc1)(OC)OC. The van der Waals surface area contributed by atoms with E-state index < -0.39 is 37.5 Å². The Balaban J connectivity index is 2.69. The van der Waals surface area contributed by atoms with Crippen LogP contribution in [0.3, 0.4) is 0 Å². The Morgan fingerprint density at radius 2 is 1.20 bits per heavy atom. The molecule has 1 aromatic carbocycles. The first-order valence-corrected chi connectivity index (χ1v) is 18.9. The van der Waals surface area contributed by atoms with Crippen molar-refractivity contribution in [1.29, 1.82) is 0 Å². The highest BCUT2D eigenvalue weighted by atomic mass is 28.4. The zero-order chi connectivity index (χ0) is 23.1. The third kappa shape index (κ3) is 8.60. The lowest BCUT2D eigenvalue weighted by Crippen LogP contribution is -2.49. The quantitative estimate of drug-likeness (QED) is 0.292. The molecular weight excluding hydrogens is 438 g/mol. The summed E-state index contributed by atoms with van der Waals surface area (Å²) < 4.78 is 47.5. The van der Waals surface area contributed by atoms with Crippen molar-refractivity contribution < 1.29 is 26.8 Å². The van der Waals surface area contributed by atoms with Gasteiger partial charge in [0.1, 0.15) is 6.61 Å². The molecule has 0 aliphatic carbocycles. The Labute approximate surface area is 184 Å². The van der Waals surface area contributed by atoms with E-state index >= 15 is 0 Å². The van der Waals surface area contributed by atoms with E-state index in [1.165, 1.54) is 10.4 Å². The number of benzene rings is 1. The van der Waals surface area contributed by atoms with Crippen molar-refractivity contribution in [3.05, 3.63) is 24.3 Å². The van der Waals surface area contributed by atoms with Crippen LogP contribution >= 0.6 is 0 Å². The molecule has 0 saturated heterocycles. The van der Waals surface area contributed by atoms with Gasteiger partial charge in [-0.3, -0.25) is 0 Å². The molecule has 0 fully saturated rings. The molecule has 0 radical (unpaired) electrons. The van der Waals surface area contributed by atoms with Crippen molar-refractivity contribution in [2.45, 2.75) is 63.6 Å². The van der Waals surface area contributed by atoms with Crippen LogP contribution in [0.1, 0.15) is 13.3 Å². The number of halogens is 2. The summed E-state index contributed by atoms with van der Waals surface area (Å²) in [5.41, 5.74) is 0. The van der Waals surface area contributed by atoms with Gasteiger partial charge in [-0.25, -0.2) is 8.78 Å². The molecule has 0 aliphatic rings. The molecule has 0 bridgehead atoms. The normalized spacial score (nSPS) is 13.7. The lowest BCUT2D eigenvalue weighted by molar-refractivity contribution is -0.0621. The Kier molecular flexibility index (Phi) is 10.5. The molecule has 30 heavy (non-hydrogen) atoms. The Morgan fingerprint density at radius 3 is 1.60 bits per heavy atom. The van der Waals surface area contributed by atoms with E-state index in [9.17, 15) is 8.78 Å². The van der Waals surface area contributed by atoms with Crippen molar-refractivity contribution in [2.24, 2.45) is 0 Å². The van der Waals surface area contributed by atoms with Crippen LogP contribution in [-0.2, 0) is 18.0 Å². The van der Waals surface area contributed by atoms with Crippen LogP contribution in [0.2, 0.25) is 44.3 Å². The predicted octanol–water partition coefficient (Wildman–Crippen LogP) is 4.46. The van der Waals surface area contributed by atoms with Gasteiger partial charge in [0.15, 0.2) is 0 Å². The number of hydrogen-bond donors (Lipinski definition) is 0. The molecule has 4 nitrogen and oxygen atoms in total. The Bertz CT molecular complexity index is 622. The Morgan fingerprint density at radius 1 is 0.767 bits per heavy atom. The molecule has 0 unspecified atom stereocenters. The minimum atomic E-state index is -2.75. The fraction of sp³-hybridized carbons (Fsp3) is 0.714. The van der Waals surface area contributed by atoms with E-state index in [2.05, 4.69) is 50.5 Å². The van der Waals surface area contributed by atoms with Crippen LogP contribution in [-0.4, -0.2) is 65.4 Å². The molecule has 0 aromatic heterocycles. The number of ether oxygens (including phenoxy) is 1. The number of hydrogen-bond acceptors (Lipinski definition) is 4. The van der Waals surface area contributed by atoms with E-state index in [-0.39, 0.29) is 0 Å². The summed E-state index contributed by atoms with van der Waals surface area (Å²) in [5, 5.41) is 2.81. The molecule has 174 valence electrons. The minimum Gasteiger partial charge on any atom is -0.377 e. The standard InChI is InChI=1S/C21H40F2O4Si3/c1-21(22,23)18-27-14-9-15-28(5,6)19-10-12-20(13-11-19)29(7,8)16-17-30(24-2,25-3)26-4/h10-13H,9,14-18H2,1-8H3. The van der Waals surface area contributed by atoms with Gasteiger partial charge in [-0.05, 0) is 12.5 Å². The largest absolute Gasteiger partial charge is 0.499 e. The maximum atomic E-state index is 12.8. The summed E-state index contributed by atoms with van der Waals surface area (Å²) in [6, 6.07) is 12.0.